The molecule has 106 valence electrons. The maximum atomic E-state index is 11.5. The van der Waals surface area contributed by atoms with Gasteiger partial charge in [0.15, 0.2) is 0 Å². The molecule has 0 aliphatic carbocycles. The number of benzene rings is 1. The van der Waals surface area contributed by atoms with Gasteiger partial charge in [0.1, 0.15) is 11.5 Å². The van der Waals surface area contributed by atoms with Gasteiger partial charge in [0.05, 0.1) is 14.2 Å². The molecule has 0 radical (unpaired) electrons. The number of methoxy groups -OCH3 is 2. The lowest BCUT2D eigenvalue weighted by Crippen LogP contribution is -2.24. The molecule has 1 aromatic rings. The topological polar surface area (TPSA) is 73.6 Å². The van der Waals surface area contributed by atoms with Crippen molar-refractivity contribution in [3.63, 3.8) is 0 Å². The van der Waals surface area contributed by atoms with E-state index in [0.29, 0.717) is 13.0 Å². The average molecular weight is 266 g/mol. The average Bonchev–Trinajstić information content (AvgIpc) is 2.44. The van der Waals surface area contributed by atoms with E-state index in [4.69, 9.17) is 15.2 Å². The van der Waals surface area contributed by atoms with Crippen molar-refractivity contribution in [2.24, 2.45) is 5.73 Å². The summed E-state index contributed by atoms with van der Waals surface area (Å²) in [6, 6.07) is 3.80. The summed E-state index contributed by atoms with van der Waals surface area (Å²) in [5, 5.41) is 2.61. The Balaban J connectivity index is 3.17. The number of amides is 1. The Bertz CT molecular complexity index is 447. The first-order valence-corrected chi connectivity index (χ1v) is 6.20. The van der Waals surface area contributed by atoms with E-state index in [1.807, 2.05) is 19.1 Å². The number of nitrogens with one attached hydrogen (secondary N) is 1. The molecule has 3 N–H and O–H groups in total. The Morgan fingerprint density at radius 2 is 1.95 bits per heavy atom. The van der Waals surface area contributed by atoms with Gasteiger partial charge in [0.2, 0.25) is 5.91 Å². The molecule has 0 aliphatic heterocycles. The molecule has 1 aromatic carbocycles. The third-order valence-electron chi connectivity index (χ3n) is 3.18. The van der Waals surface area contributed by atoms with Crippen LogP contribution >= 0.6 is 0 Å². The molecule has 0 saturated heterocycles. The number of hydrogen-bond acceptors (Lipinski definition) is 4. The number of rotatable bonds is 6. The minimum atomic E-state index is -0.0931. The Hall–Kier alpha value is -1.75. The number of carbonyl (C=O) groups is 1. The zero-order valence-electron chi connectivity index (χ0n) is 11.9. The van der Waals surface area contributed by atoms with E-state index < -0.39 is 0 Å². The van der Waals surface area contributed by atoms with E-state index in [2.05, 4.69) is 5.32 Å². The largest absolute Gasteiger partial charge is 0.496 e. The van der Waals surface area contributed by atoms with Gasteiger partial charge in [0.25, 0.3) is 0 Å². The van der Waals surface area contributed by atoms with E-state index >= 15 is 0 Å². The van der Waals surface area contributed by atoms with Gasteiger partial charge in [-0.3, -0.25) is 4.79 Å². The fourth-order valence-electron chi connectivity index (χ4n) is 2.04. The van der Waals surface area contributed by atoms with Crippen molar-refractivity contribution in [2.45, 2.75) is 19.3 Å². The highest BCUT2D eigenvalue weighted by Gasteiger charge is 2.19. The Morgan fingerprint density at radius 1 is 1.32 bits per heavy atom. The predicted molar refractivity (Wildman–Crippen MR) is 74.8 cm³/mol. The van der Waals surface area contributed by atoms with E-state index in [9.17, 15) is 4.79 Å². The normalized spacial score (nSPS) is 11.8. The molecular weight excluding hydrogens is 244 g/mol. The van der Waals surface area contributed by atoms with Crippen molar-refractivity contribution in [2.75, 3.05) is 27.8 Å². The third-order valence-corrected chi connectivity index (χ3v) is 3.18. The summed E-state index contributed by atoms with van der Waals surface area (Å²) in [7, 11) is 4.84. The van der Waals surface area contributed by atoms with Crippen LogP contribution in [0.15, 0.2) is 12.1 Å². The fraction of sp³-hybridized carbons (Fsp3) is 0.500. The molecule has 1 unspecified atom stereocenters. The van der Waals surface area contributed by atoms with Gasteiger partial charge >= 0.3 is 0 Å². The summed E-state index contributed by atoms with van der Waals surface area (Å²) in [6.45, 7) is 2.32. The van der Waals surface area contributed by atoms with Gasteiger partial charge in [-0.15, -0.1) is 0 Å². The van der Waals surface area contributed by atoms with Crippen LogP contribution in [-0.4, -0.2) is 33.7 Å². The van der Waals surface area contributed by atoms with Crippen LogP contribution in [0.25, 0.3) is 0 Å². The Morgan fingerprint density at radius 3 is 2.42 bits per heavy atom. The molecule has 0 heterocycles. The molecule has 1 amide bonds. The van der Waals surface area contributed by atoms with E-state index in [-0.39, 0.29) is 11.8 Å². The summed E-state index contributed by atoms with van der Waals surface area (Å²) < 4.78 is 10.7. The molecule has 1 rings (SSSR count). The van der Waals surface area contributed by atoms with Gasteiger partial charge in [0, 0.05) is 24.9 Å². The van der Waals surface area contributed by atoms with Crippen molar-refractivity contribution in [1.29, 1.82) is 0 Å². The molecule has 0 bridgehead atoms. The summed E-state index contributed by atoms with van der Waals surface area (Å²) >= 11 is 0. The van der Waals surface area contributed by atoms with Crippen LogP contribution in [0.4, 0.5) is 0 Å². The maximum absolute atomic E-state index is 11.5. The molecule has 19 heavy (non-hydrogen) atoms. The summed E-state index contributed by atoms with van der Waals surface area (Å²) in [5.41, 5.74) is 7.67. The van der Waals surface area contributed by atoms with Crippen molar-refractivity contribution in [3.8, 4) is 11.5 Å². The minimum absolute atomic E-state index is 0.0444. The highest BCUT2D eigenvalue weighted by atomic mass is 16.5. The SMILES string of the molecule is CNC(=O)CC(CN)c1cc(OC)c(C)cc1OC. The van der Waals surface area contributed by atoms with E-state index in [1.54, 1.807) is 21.3 Å². The van der Waals surface area contributed by atoms with E-state index in [1.165, 1.54) is 0 Å². The fourth-order valence-corrected chi connectivity index (χ4v) is 2.04. The van der Waals surface area contributed by atoms with Crippen molar-refractivity contribution < 1.29 is 14.3 Å². The molecule has 0 fully saturated rings. The quantitative estimate of drug-likeness (QED) is 0.811. The second-order valence-electron chi connectivity index (χ2n) is 4.37. The lowest BCUT2D eigenvalue weighted by atomic mass is 9.93. The maximum Gasteiger partial charge on any atom is 0.220 e. The van der Waals surface area contributed by atoms with Gasteiger partial charge in [-0.2, -0.15) is 0 Å². The van der Waals surface area contributed by atoms with Gasteiger partial charge in [-0.1, -0.05) is 0 Å². The minimum Gasteiger partial charge on any atom is -0.496 e. The number of hydrogen-bond donors (Lipinski definition) is 2. The second-order valence-corrected chi connectivity index (χ2v) is 4.37. The number of nitrogens with two attached hydrogens (primary N) is 1. The van der Waals surface area contributed by atoms with Crippen LogP contribution in [-0.2, 0) is 4.79 Å². The third kappa shape index (κ3) is 3.61. The highest BCUT2D eigenvalue weighted by molar-refractivity contribution is 5.76. The zero-order chi connectivity index (χ0) is 14.4. The van der Waals surface area contributed by atoms with Crippen molar-refractivity contribution >= 4 is 5.91 Å². The van der Waals surface area contributed by atoms with Crippen LogP contribution in [0.2, 0.25) is 0 Å². The lowest BCUT2D eigenvalue weighted by Gasteiger charge is -2.19. The van der Waals surface area contributed by atoms with E-state index in [0.717, 1.165) is 22.6 Å². The van der Waals surface area contributed by atoms with Crippen LogP contribution in [0.3, 0.4) is 0 Å². The van der Waals surface area contributed by atoms with Gasteiger partial charge in [-0.25, -0.2) is 0 Å². The van der Waals surface area contributed by atoms with Crippen LogP contribution in [0.1, 0.15) is 23.5 Å². The zero-order valence-corrected chi connectivity index (χ0v) is 11.9. The molecule has 0 spiro atoms. The monoisotopic (exact) mass is 266 g/mol. The Labute approximate surface area is 114 Å². The molecule has 0 saturated carbocycles. The molecule has 1 atom stereocenters. The summed E-state index contributed by atoms with van der Waals surface area (Å²) in [6.07, 6.45) is 0.329. The second kappa shape index (κ2) is 6.99. The van der Waals surface area contributed by atoms with Crippen LogP contribution < -0.4 is 20.5 Å². The van der Waals surface area contributed by atoms with Crippen molar-refractivity contribution in [3.05, 3.63) is 23.3 Å². The van der Waals surface area contributed by atoms with Gasteiger partial charge < -0.3 is 20.5 Å². The molecule has 5 heteroatoms. The van der Waals surface area contributed by atoms with Crippen LogP contribution in [0, 0.1) is 6.92 Å². The lowest BCUT2D eigenvalue weighted by molar-refractivity contribution is -0.120. The smallest absolute Gasteiger partial charge is 0.220 e. The summed E-state index contributed by atoms with van der Waals surface area (Å²) in [4.78, 5) is 11.5. The number of carbonyl (C=O) groups excluding carboxylic acids is 1. The van der Waals surface area contributed by atoms with Gasteiger partial charge in [-0.05, 0) is 31.2 Å². The van der Waals surface area contributed by atoms with Crippen molar-refractivity contribution in [1.82, 2.24) is 5.32 Å². The van der Waals surface area contributed by atoms with Crippen LogP contribution in [0.5, 0.6) is 11.5 Å². The molecular formula is C14H22N2O3. The number of aryl methyl sites for hydroxylation is 1. The summed E-state index contributed by atoms with van der Waals surface area (Å²) in [5.74, 6) is 1.37. The molecule has 0 aromatic heterocycles. The first-order chi connectivity index (χ1) is 9.07. The first-order valence-electron chi connectivity index (χ1n) is 6.20. The molecule has 0 aliphatic rings. The number of ether oxygens (including phenoxy) is 2. The standard InChI is InChI=1S/C14H22N2O3/c1-9-5-13(19-4)11(7-12(9)18-3)10(8-15)6-14(17)16-2/h5,7,10H,6,8,15H2,1-4H3,(H,16,17). The highest BCUT2D eigenvalue weighted by Crippen LogP contribution is 2.34. The molecule has 5 nitrogen and oxygen atoms in total. The predicted octanol–water partition coefficient (Wildman–Crippen LogP) is 1.19. The Kier molecular flexibility index (Phi) is 5.63. The first kappa shape index (κ1) is 15.3.